The summed E-state index contributed by atoms with van der Waals surface area (Å²) in [5.41, 5.74) is 13.3. The van der Waals surface area contributed by atoms with Gasteiger partial charge in [-0.3, -0.25) is 0 Å². The van der Waals surface area contributed by atoms with Gasteiger partial charge in [0, 0.05) is 54.6 Å². The molecule has 4 N–H and O–H groups in total. The Morgan fingerprint density at radius 3 is 2.54 bits per heavy atom. The Morgan fingerprint density at radius 1 is 1.21 bits per heavy atom. The molecule has 0 saturated carbocycles. The Bertz CT molecular complexity index is 1380. The highest BCUT2D eigenvalue weighted by Gasteiger charge is 2.47. The highest BCUT2D eigenvalue weighted by Crippen LogP contribution is 2.42. The van der Waals surface area contributed by atoms with E-state index in [0.29, 0.717) is 54.1 Å². The van der Waals surface area contributed by atoms with Gasteiger partial charge in [0.2, 0.25) is 10.0 Å². The molecule has 1 spiro atoms. The molecule has 3 fully saturated rings. The van der Waals surface area contributed by atoms with Crippen molar-refractivity contribution in [2.75, 3.05) is 49.7 Å². The molecule has 2 aromatic rings. The van der Waals surface area contributed by atoms with Gasteiger partial charge in [0.1, 0.15) is 16.5 Å². The summed E-state index contributed by atoms with van der Waals surface area (Å²) in [5, 5.41) is 0.993. The van der Waals surface area contributed by atoms with E-state index in [4.69, 9.17) is 27.8 Å². The summed E-state index contributed by atoms with van der Waals surface area (Å²) in [7, 11) is -3.16. The molecule has 210 valence electrons. The molecule has 5 rings (SSSR count). The van der Waals surface area contributed by atoms with Crippen molar-refractivity contribution in [2.45, 2.75) is 54.7 Å². The molecule has 3 aliphatic heterocycles. The molecule has 39 heavy (non-hydrogen) atoms. The number of pyridine rings is 1. The first-order valence-corrected chi connectivity index (χ1v) is 16.1. The molecule has 3 aliphatic rings. The van der Waals surface area contributed by atoms with E-state index in [9.17, 15) is 8.42 Å². The van der Waals surface area contributed by atoms with Gasteiger partial charge in [-0.05, 0) is 44.6 Å². The topological polar surface area (TPSA) is 141 Å². The van der Waals surface area contributed by atoms with Crippen molar-refractivity contribution in [3.8, 4) is 11.8 Å². The molecule has 0 amide bonds. The molecule has 0 unspecified atom stereocenters. The monoisotopic (exact) mass is 591 g/mol. The third kappa shape index (κ3) is 6.14. The first-order chi connectivity index (χ1) is 18.6. The molecule has 2 aromatic heterocycles. The molecule has 5 heterocycles. The van der Waals surface area contributed by atoms with Gasteiger partial charge in [0.15, 0.2) is 5.82 Å². The summed E-state index contributed by atoms with van der Waals surface area (Å²) >= 11 is 7.98. The van der Waals surface area contributed by atoms with Crippen LogP contribution < -0.4 is 16.4 Å². The fourth-order valence-corrected chi connectivity index (χ4v) is 7.39. The summed E-state index contributed by atoms with van der Waals surface area (Å²) in [6.45, 7) is 5.37. The smallest absolute Gasteiger partial charge is 0.211 e. The summed E-state index contributed by atoms with van der Waals surface area (Å²) in [4.78, 5) is 16.5. The van der Waals surface area contributed by atoms with Gasteiger partial charge >= 0.3 is 0 Å². The van der Waals surface area contributed by atoms with E-state index >= 15 is 0 Å². The van der Waals surface area contributed by atoms with Gasteiger partial charge in [0.25, 0.3) is 0 Å². The van der Waals surface area contributed by atoms with E-state index in [1.807, 2.05) is 6.92 Å². The first-order valence-electron chi connectivity index (χ1n) is 13.1. The average molecular weight is 592 g/mol. The minimum Gasteiger partial charge on any atom is -0.381 e. The standard InChI is InChI=1S/C26H34ClN7O3S2/c1-17-23(28)26(16-37-17)8-13-33(14-9-26)21-15-31-25(24(29)32-21)38-20-5-10-30-19(22(20)27)4-3-18-6-11-34(12-7-18)39(2,35)36/h5,10,15,17-18,23H,6-9,11-14,16,28H2,1-2H3,(H2,29,32)/t17-,23+/m0/s1. The van der Waals surface area contributed by atoms with Crippen LogP contribution in [0.1, 0.15) is 38.3 Å². The molecular formula is C26H34ClN7O3S2. The summed E-state index contributed by atoms with van der Waals surface area (Å²) < 4.78 is 30.8. The van der Waals surface area contributed by atoms with E-state index in [-0.39, 0.29) is 23.5 Å². The fourth-order valence-electron chi connectivity index (χ4n) is 5.47. The van der Waals surface area contributed by atoms with E-state index in [1.165, 1.54) is 22.3 Å². The number of rotatable bonds is 4. The maximum Gasteiger partial charge on any atom is 0.211 e. The lowest BCUT2D eigenvalue weighted by Crippen LogP contribution is -2.50. The van der Waals surface area contributed by atoms with E-state index < -0.39 is 10.0 Å². The number of piperidine rings is 2. The number of sulfonamides is 1. The Balaban J connectivity index is 1.23. The van der Waals surface area contributed by atoms with Gasteiger partial charge in [-0.15, -0.1) is 0 Å². The maximum atomic E-state index is 11.7. The van der Waals surface area contributed by atoms with Crippen LogP contribution in [0.25, 0.3) is 0 Å². The Morgan fingerprint density at radius 2 is 1.92 bits per heavy atom. The number of anilines is 2. The molecular weight excluding hydrogens is 558 g/mol. The minimum atomic E-state index is -3.16. The van der Waals surface area contributed by atoms with Crippen LogP contribution in [-0.4, -0.2) is 78.9 Å². The highest BCUT2D eigenvalue weighted by atomic mass is 35.5. The van der Waals surface area contributed by atoms with Gasteiger partial charge in [-0.25, -0.2) is 27.7 Å². The molecule has 0 bridgehead atoms. The van der Waals surface area contributed by atoms with E-state index in [2.05, 4.69) is 31.7 Å². The quantitative estimate of drug-likeness (QED) is 0.510. The summed E-state index contributed by atoms with van der Waals surface area (Å²) in [6.07, 6.45) is 8.00. The van der Waals surface area contributed by atoms with Crippen molar-refractivity contribution in [3.63, 3.8) is 0 Å². The Kier molecular flexibility index (Phi) is 8.29. The second-order valence-corrected chi connectivity index (χ2v) is 14.0. The number of hydrogen-bond donors (Lipinski definition) is 2. The van der Waals surface area contributed by atoms with Gasteiger partial charge < -0.3 is 21.1 Å². The minimum absolute atomic E-state index is 0.0386. The Labute approximate surface area is 239 Å². The zero-order valence-corrected chi connectivity index (χ0v) is 24.5. The summed E-state index contributed by atoms with van der Waals surface area (Å²) in [5.74, 6) is 7.49. The van der Waals surface area contributed by atoms with Crippen molar-refractivity contribution >= 4 is 45.0 Å². The molecule has 0 aromatic carbocycles. The molecule has 2 atom stereocenters. The number of ether oxygens (including phenoxy) is 1. The largest absolute Gasteiger partial charge is 0.381 e. The Hall–Kier alpha value is -2.14. The van der Waals surface area contributed by atoms with Gasteiger partial charge in [-0.1, -0.05) is 29.3 Å². The van der Waals surface area contributed by atoms with Crippen LogP contribution in [0, 0.1) is 23.2 Å². The van der Waals surface area contributed by atoms with Crippen LogP contribution in [0.4, 0.5) is 11.6 Å². The lowest BCUT2D eigenvalue weighted by Gasteiger charge is -2.41. The third-order valence-corrected chi connectivity index (χ3v) is 10.9. The predicted molar refractivity (Wildman–Crippen MR) is 153 cm³/mol. The fraction of sp³-hybridized carbons (Fsp3) is 0.577. The van der Waals surface area contributed by atoms with Crippen molar-refractivity contribution in [2.24, 2.45) is 17.1 Å². The van der Waals surface area contributed by atoms with Crippen LogP contribution in [0.15, 0.2) is 28.4 Å². The van der Waals surface area contributed by atoms with E-state index in [1.54, 1.807) is 18.5 Å². The normalized spacial score (nSPS) is 24.1. The number of halogens is 1. The first kappa shape index (κ1) is 28.4. The van der Waals surface area contributed by atoms with Crippen LogP contribution in [0.2, 0.25) is 5.02 Å². The van der Waals surface area contributed by atoms with Gasteiger partial charge in [-0.2, -0.15) is 0 Å². The second-order valence-electron chi connectivity index (χ2n) is 10.6. The third-order valence-electron chi connectivity index (χ3n) is 8.06. The predicted octanol–water partition coefficient (Wildman–Crippen LogP) is 2.61. The molecule has 0 radical (unpaired) electrons. The van der Waals surface area contributed by atoms with E-state index in [0.717, 1.165) is 36.6 Å². The summed E-state index contributed by atoms with van der Waals surface area (Å²) in [6, 6.07) is 1.86. The lowest BCUT2D eigenvalue weighted by atomic mass is 9.73. The molecule has 0 aliphatic carbocycles. The van der Waals surface area contributed by atoms with Crippen molar-refractivity contribution in [1.82, 2.24) is 19.3 Å². The van der Waals surface area contributed by atoms with Crippen molar-refractivity contribution in [3.05, 3.63) is 29.2 Å². The van der Waals surface area contributed by atoms with Gasteiger partial charge in [0.05, 0.1) is 30.2 Å². The average Bonchev–Trinajstić information content (AvgIpc) is 3.19. The maximum absolute atomic E-state index is 11.7. The van der Waals surface area contributed by atoms with Crippen molar-refractivity contribution in [1.29, 1.82) is 0 Å². The van der Waals surface area contributed by atoms with Crippen LogP contribution in [0.3, 0.4) is 0 Å². The van der Waals surface area contributed by atoms with Crippen molar-refractivity contribution < 1.29 is 13.2 Å². The number of nitrogen functional groups attached to an aromatic ring is 1. The van der Waals surface area contributed by atoms with Crippen LogP contribution in [0.5, 0.6) is 0 Å². The van der Waals surface area contributed by atoms with Crippen LogP contribution >= 0.6 is 23.4 Å². The molecule has 10 nitrogen and oxygen atoms in total. The molecule has 3 saturated heterocycles. The SMILES string of the molecule is C[C@@H]1OCC2(CCN(c3cnc(Sc4ccnc(C#CC5CCN(S(C)(=O)=O)CC5)c4Cl)c(N)n3)CC2)[C@@H]1N. The number of nitrogens with two attached hydrogens (primary N) is 2. The zero-order valence-electron chi connectivity index (χ0n) is 22.1. The number of hydrogen-bond acceptors (Lipinski definition) is 10. The number of aromatic nitrogens is 3. The van der Waals surface area contributed by atoms with Crippen LogP contribution in [-0.2, 0) is 14.8 Å². The second kappa shape index (κ2) is 11.4. The number of nitrogens with zero attached hydrogens (tertiary/aromatic N) is 5. The zero-order chi connectivity index (χ0) is 27.8. The molecule has 13 heteroatoms. The highest BCUT2D eigenvalue weighted by molar-refractivity contribution is 7.99. The lowest BCUT2D eigenvalue weighted by molar-refractivity contribution is 0.0974.